The van der Waals surface area contributed by atoms with Crippen molar-refractivity contribution in [3.05, 3.63) is 58.3 Å². The topological polar surface area (TPSA) is 89.9 Å². The molecule has 3 rings (SSSR count). The van der Waals surface area contributed by atoms with Crippen LogP contribution in [0.1, 0.15) is 29.7 Å². The van der Waals surface area contributed by atoms with E-state index in [2.05, 4.69) is 17.4 Å². The first kappa shape index (κ1) is 21.5. The van der Waals surface area contributed by atoms with E-state index in [-0.39, 0.29) is 6.04 Å². The van der Waals surface area contributed by atoms with Crippen LogP contribution >= 0.6 is 11.3 Å². The fourth-order valence-corrected chi connectivity index (χ4v) is 4.43. The summed E-state index contributed by atoms with van der Waals surface area (Å²) in [5.41, 5.74) is 1.21. The molecule has 3 N–H and O–H groups in total. The first-order valence-electron chi connectivity index (χ1n) is 10.1. The Morgan fingerprint density at radius 1 is 1.10 bits per heavy atom. The monoisotopic (exact) mass is 416 g/mol. The molecule has 0 radical (unpaired) electrons. The zero-order chi connectivity index (χ0) is 20.6. The van der Waals surface area contributed by atoms with Crippen LogP contribution in [-0.2, 0) is 22.4 Å². The van der Waals surface area contributed by atoms with Crippen molar-refractivity contribution in [1.82, 2.24) is 10.2 Å². The normalized spacial score (nSPS) is 18.4. The number of amides is 2. The SMILES string of the molecule is O=C(NCCc1cccs1)[C@H](O)[C@@H](O)C(=O)N1CCCC1CCc1ccccc1. The minimum absolute atomic E-state index is 0.0199. The van der Waals surface area contributed by atoms with Gasteiger partial charge in [-0.15, -0.1) is 11.3 Å². The molecule has 0 spiro atoms. The molecule has 0 bridgehead atoms. The molecule has 0 saturated carbocycles. The van der Waals surface area contributed by atoms with Gasteiger partial charge in [0.15, 0.2) is 12.2 Å². The molecule has 3 atom stereocenters. The molecule has 7 heteroatoms. The number of benzene rings is 1. The summed E-state index contributed by atoms with van der Waals surface area (Å²) >= 11 is 1.59. The Bertz CT molecular complexity index is 781. The lowest BCUT2D eigenvalue weighted by molar-refractivity contribution is -0.153. The first-order chi connectivity index (χ1) is 14.1. The summed E-state index contributed by atoms with van der Waals surface area (Å²) in [7, 11) is 0. The van der Waals surface area contributed by atoms with Crippen LogP contribution in [0, 0.1) is 0 Å². The molecule has 2 heterocycles. The maximum atomic E-state index is 12.7. The van der Waals surface area contributed by atoms with E-state index >= 15 is 0 Å². The van der Waals surface area contributed by atoms with E-state index in [4.69, 9.17) is 0 Å². The molecule has 1 aliphatic rings. The summed E-state index contributed by atoms with van der Waals surface area (Å²) in [5.74, 6) is -1.29. The summed E-state index contributed by atoms with van der Waals surface area (Å²) < 4.78 is 0. The summed E-state index contributed by atoms with van der Waals surface area (Å²) in [6, 6.07) is 14.0. The fourth-order valence-electron chi connectivity index (χ4n) is 3.72. The molecule has 1 saturated heterocycles. The van der Waals surface area contributed by atoms with Crippen molar-refractivity contribution in [1.29, 1.82) is 0 Å². The number of nitrogens with zero attached hydrogens (tertiary/aromatic N) is 1. The Morgan fingerprint density at radius 2 is 1.90 bits per heavy atom. The minimum Gasteiger partial charge on any atom is -0.380 e. The second kappa shape index (κ2) is 10.5. The van der Waals surface area contributed by atoms with Gasteiger partial charge >= 0.3 is 0 Å². The van der Waals surface area contributed by atoms with E-state index < -0.39 is 24.0 Å². The van der Waals surface area contributed by atoms with E-state index in [0.29, 0.717) is 19.5 Å². The molecule has 1 unspecified atom stereocenters. The smallest absolute Gasteiger partial charge is 0.254 e. The molecular weight excluding hydrogens is 388 g/mol. The Kier molecular flexibility index (Phi) is 7.80. The van der Waals surface area contributed by atoms with Crippen LogP contribution in [0.2, 0.25) is 0 Å². The molecule has 0 aliphatic carbocycles. The minimum atomic E-state index is -1.76. The summed E-state index contributed by atoms with van der Waals surface area (Å²) in [6.07, 6.45) is 0.515. The van der Waals surface area contributed by atoms with Gasteiger partial charge in [0.1, 0.15) is 0 Å². The van der Waals surface area contributed by atoms with Crippen LogP contribution in [-0.4, -0.2) is 58.3 Å². The van der Waals surface area contributed by atoms with Crippen molar-refractivity contribution in [3.63, 3.8) is 0 Å². The molecule has 2 aromatic rings. The molecule has 1 aromatic carbocycles. The Hall–Kier alpha value is -2.22. The standard InChI is InChI=1S/C22H28N2O4S/c25-19(21(27)23-13-12-18-9-5-15-29-18)20(26)22(28)24-14-4-8-17(24)11-10-16-6-2-1-3-7-16/h1-3,5-7,9,15,17,19-20,25-26H,4,8,10-14H2,(H,23,27)/t17?,19-,20-/m1/s1. The van der Waals surface area contributed by atoms with Crippen molar-refractivity contribution in [2.45, 2.75) is 50.4 Å². The first-order valence-corrected chi connectivity index (χ1v) is 10.9. The number of rotatable bonds is 9. The Morgan fingerprint density at radius 3 is 2.62 bits per heavy atom. The lowest BCUT2D eigenvalue weighted by Crippen LogP contribution is -2.52. The average molecular weight is 417 g/mol. The number of hydrogen-bond donors (Lipinski definition) is 3. The maximum Gasteiger partial charge on any atom is 0.254 e. The fraction of sp³-hybridized carbons (Fsp3) is 0.455. The molecule has 1 aliphatic heterocycles. The number of likely N-dealkylation sites (tertiary alicyclic amines) is 1. The predicted molar refractivity (Wildman–Crippen MR) is 113 cm³/mol. The lowest BCUT2D eigenvalue weighted by atomic mass is 10.0. The number of carbonyl (C=O) groups is 2. The number of carbonyl (C=O) groups excluding carboxylic acids is 2. The van der Waals surface area contributed by atoms with Crippen molar-refractivity contribution in [2.24, 2.45) is 0 Å². The van der Waals surface area contributed by atoms with E-state index in [1.165, 1.54) is 5.56 Å². The predicted octanol–water partition coefficient (Wildman–Crippen LogP) is 1.75. The second-order valence-electron chi connectivity index (χ2n) is 7.36. The van der Waals surface area contributed by atoms with Gasteiger partial charge in [-0.1, -0.05) is 36.4 Å². The third kappa shape index (κ3) is 5.88. The number of nitrogens with one attached hydrogen (secondary N) is 1. The number of thiophene rings is 1. The van der Waals surface area contributed by atoms with Gasteiger partial charge in [-0.3, -0.25) is 9.59 Å². The number of aliphatic hydroxyl groups excluding tert-OH is 2. The van der Waals surface area contributed by atoms with Gasteiger partial charge in [-0.25, -0.2) is 0 Å². The van der Waals surface area contributed by atoms with Gasteiger partial charge in [0.25, 0.3) is 11.8 Å². The Labute approximate surface area is 175 Å². The lowest BCUT2D eigenvalue weighted by Gasteiger charge is -2.28. The Balaban J connectivity index is 1.48. The highest BCUT2D eigenvalue weighted by Crippen LogP contribution is 2.23. The van der Waals surface area contributed by atoms with Crippen LogP contribution in [0.15, 0.2) is 47.8 Å². The zero-order valence-corrected chi connectivity index (χ0v) is 17.2. The van der Waals surface area contributed by atoms with E-state index in [0.717, 1.165) is 30.6 Å². The zero-order valence-electron chi connectivity index (χ0n) is 16.4. The molecule has 1 fully saturated rings. The van der Waals surface area contributed by atoms with E-state index in [1.54, 1.807) is 16.2 Å². The second-order valence-corrected chi connectivity index (χ2v) is 8.39. The van der Waals surface area contributed by atoms with Crippen molar-refractivity contribution in [3.8, 4) is 0 Å². The molecule has 156 valence electrons. The van der Waals surface area contributed by atoms with Gasteiger partial charge < -0.3 is 20.4 Å². The van der Waals surface area contributed by atoms with Gasteiger partial charge in [-0.05, 0) is 49.1 Å². The van der Waals surface area contributed by atoms with Crippen molar-refractivity contribution in [2.75, 3.05) is 13.1 Å². The number of aryl methyl sites for hydroxylation is 1. The van der Waals surface area contributed by atoms with Crippen LogP contribution in [0.5, 0.6) is 0 Å². The van der Waals surface area contributed by atoms with Crippen molar-refractivity contribution < 1.29 is 19.8 Å². The van der Waals surface area contributed by atoms with Crippen LogP contribution in [0.3, 0.4) is 0 Å². The highest BCUT2D eigenvalue weighted by Gasteiger charge is 2.37. The average Bonchev–Trinajstić information content (AvgIpc) is 3.43. The molecule has 29 heavy (non-hydrogen) atoms. The number of aliphatic hydroxyl groups is 2. The van der Waals surface area contributed by atoms with E-state index in [1.807, 2.05) is 35.7 Å². The van der Waals surface area contributed by atoms with Crippen LogP contribution in [0.4, 0.5) is 0 Å². The van der Waals surface area contributed by atoms with Crippen LogP contribution < -0.4 is 5.32 Å². The summed E-state index contributed by atoms with van der Waals surface area (Å²) in [4.78, 5) is 27.6. The largest absolute Gasteiger partial charge is 0.380 e. The molecule has 1 aromatic heterocycles. The quantitative estimate of drug-likeness (QED) is 0.581. The van der Waals surface area contributed by atoms with Gasteiger partial charge in [0.2, 0.25) is 0 Å². The highest BCUT2D eigenvalue weighted by atomic mass is 32.1. The van der Waals surface area contributed by atoms with E-state index in [9.17, 15) is 19.8 Å². The third-order valence-corrected chi connectivity index (χ3v) is 6.28. The van der Waals surface area contributed by atoms with Crippen molar-refractivity contribution >= 4 is 23.2 Å². The summed E-state index contributed by atoms with van der Waals surface area (Å²) in [6.45, 7) is 0.892. The van der Waals surface area contributed by atoms with Gasteiger partial charge in [0.05, 0.1) is 0 Å². The highest BCUT2D eigenvalue weighted by molar-refractivity contribution is 7.09. The third-order valence-electron chi connectivity index (χ3n) is 5.34. The van der Waals surface area contributed by atoms with Gasteiger partial charge in [-0.2, -0.15) is 0 Å². The molecule has 2 amide bonds. The maximum absolute atomic E-state index is 12.7. The van der Waals surface area contributed by atoms with Gasteiger partial charge in [0, 0.05) is 24.0 Å². The molecule has 6 nitrogen and oxygen atoms in total. The number of hydrogen-bond acceptors (Lipinski definition) is 5. The summed E-state index contributed by atoms with van der Waals surface area (Å²) in [5, 5.41) is 25.0. The molecular formula is C22H28N2O4S. The van der Waals surface area contributed by atoms with Crippen LogP contribution in [0.25, 0.3) is 0 Å².